The predicted molar refractivity (Wildman–Crippen MR) is 106 cm³/mol. The SMILES string of the molecule is CC[C@@H](NC(=O)COc1ccc([N+](=O)[O-])c(OC)c1)c1ccc(S(C)(=O)=O)cc1. The lowest BCUT2D eigenvalue weighted by Gasteiger charge is -2.18. The summed E-state index contributed by atoms with van der Waals surface area (Å²) in [6.07, 6.45) is 1.72. The van der Waals surface area contributed by atoms with Crippen molar-refractivity contribution >= 4 is 21.4 Å². The molecule has 0 aromatic heterocycles. The highest BCUT2D eigenvalue weighted by molar-refractivity contribution is 7.90. The summed E-state index contributed by atoms with van der Waals surface area (Å²) in [6.45, 7) is 1.59. The fourth-order valence-electron chi connectivity index (χ4n) is 2.65. The van der Waals surface area contributed by atoms with E-state index in [4.69, 9.17) is 9.47 Å². The summed E-state index contributed by atoms with van der Waals surface area (Å²) in [5.74, 6) is -0.0974. The van der Waals surface area contributed by atoms with E-state index < -0.39 is 14.8 Å². The second kappa shape index (κ2) is 9.37. The van der Waals surface area contributed by atoms with Gasteiger partial charge in [0.15, 0.2) is 16.4 Å². The number of nitro benzene ring substituents is 1. The number of sulfone groups is 1. The highest BCUT2D eigenvalue weighted by atomic mass is 32.2. The van der Waals surface area contributed by atoms with Crippen LogP contribution in [0, 0.1) is 10.1 Å². The number of carbonyl (C=O) groups is 1. The first kappa shape index (κ1) is 22.2. The van der Waals surface area contributed by atoms with E-state index >= 15 is 0 Å². The van der Waals surface area contributed by atoms with E-state index in [0.717, 1.165) is 11.8 Å². The zero-order valence-corrected chi connectivity index (χ0v) is 17.1. The van der Waals surface area contributed by atoms with Crippen LogP contribution in [0.15, 0.2) is 47.4 Å². The maximum Gasteiger partial charge on any atom is 0.311 e. The van der Waals surface area contributed by atoms with Gasteiger partial charge in [-0.15, -0.1) is 0 Å². The second-order valence-corrected chi connectivity index (χ2v) is 8.26. The Kier molecular flexibility index (Phi) is 7.16. The molecule has 1 N–H and O–H groups in total. The molecular weight excluding hydrogens is 400 g/mol. The summed E-state index contributed by atoms with van der Waals surface area (Å²) in [4.78, 5) is 22.8. The Morgan fingerprint density at radius 3 is 2.38 bits per heavy atom. The number of carbonyl (C=O) groups excluding carboxylic acids is 1. The Balaban J connectivity index is 2.01. The van der Waals surface area contributed by atoms with E-state index in [2.05, 4.69) is 5.32 Å². The number of hydrogen-bond acceptors (Lipinski definition) is 7. The molecule has 0 aliphatic carbocycles. The van der Waals surface area contributed by atoms with Crippen LogP contribution in [0.25, 0.3) is 0 Å². The van der Waals surface area contributed by atoms with Crippen molar-refractivity contribution in [1.29, 1.82) is 0 Å². The molecule has 0 fully saturated rings. The number of methoxy groups -OCH3 is 1. The Morgan fingerprint density at radius 1 is 1.21 bits per heavy atom. The molecule has 0 radical (unpaired) electrons. The van der Waals surface area contributed by atoms with E-state index in [0.29, 0.717) is 6.42 Å². The van der Waals surface area contributed by atoms with Crippen LogP contribution in [0.1, 0.15) is 24.9 Å². The van der Waals surface area contributed by atoms with Crippen LogP contribution in [0.2, 0.25) is 0 Å². The first-order chi connectivity index (χ1) is 13.7. The molecule has 156 valence electrons. The molecule has 1 atom stereocenters. The molecule has 0 aliphatic heterocycles. The lowest BCUT2D eigenvalue weighted by atomic mass is 10.0. The molecule has 1 amide bonds. The number of nitro groups is 1. The van der Waals surface area contributed by atoms with Crippen LogP contribution >= 0.6 is 0 Å². The summed E-state index contributed by atoms with van der Waals surface area (Å²) in [7, 11) is -1.98. The van der Waals surface area contributed by atoms with Gasteiger partial charge in [0.05, 0.1) is 23.0 Å². The van der Waals surface area contributed by atoms with Crippen molar-refractivity contribution in [2.45, 2.75) is 24.3 Å². The van der Waals surface area contributed by atoms with Crippen molar-refractivity contribution in [3.05, 3.63) is 58.1 Å². The van der Waals surface area contributed by atoms with Gasteiger partial charge < -0.3 is 14.8 Å². The average Bonchev–Trinajstić information content (AvgIpc) is 2.69. The van der Waals surface area contributed by atoms with Crippen LogP contribution < -0.4 is 14.8 Å². The molecule has 2 rings (SSSR count). The maximum absolute atomic E-state index is 12.2. The Morgan fingerprint density at radius 2 is 1.86 bits per heavy atom. The number of ether oxygens (including phenoxy) is 2. The van der Waals surface area contributed by atoms with Crippen LogP contribution in [-0.2, 0) is 14.6 Å². The Bertz CT molecular complexity index is 988. The number of hydrogen-bond donors (Lipinski definition) is 1. The van der Waals surface area contributed by atoms with Crippen molar-refractivity contribution in [1.82, 2.24) is 5.32 Å². The molecule has 2 aromatic carbocycles. The van der Waals surface area contributed by atoms with Crippen LogP contribution in [-0.4, -0.2) is 39.2 Å². The van der Waals surface area contributed by atoms with Crippen molar-refractivity contribution < 1.29 is 27.6 Å². The van der Waals surface area contributed by atoms with Crippen LogP contribution in [0.5, 0.6) is 11.5 Å². The first-order valence-electron chi connectivity index (χ1n) is 8.70. The van der Waals surface area contributed by atoms with Crippen molar-refractivity contribution in [3.63, 3.8) is 0 Å². The van der Waals surface area contributed by atoms with Gasteiger partial charge in [-0.3, -0.25) is 14.9 Å². The van der Waals surface area contributed by atoms with Gasteiger partial charge in [-0.2, -0.15) is 0 Å². The molecule has 0 spiro atoms. The zero-order valence-electron chi connectivity index (χ0n) is 16.2. The van der Waals surface area contributed by atoms with Crippen molar-refractivity contribution in [2.75, 3.05) is 20.0 Å². The number of nitrogens with zero attached hydrogens (tertiary/aromatic N) is 1. The predicted octanol–water partition coefficient (Wildman–Crippen LogP) is 2.65. The number of amides is 1. The van der Waals surface area contributed by atoms with Crippen molar-refractivity contribution in [3.8, 4) is 11.5 Å². The summed E-state index contributed by atoms with van der Waals surface area (Å²) in [5.41, 5.74) is 0.568. The molecule has 29 heavy (non-hydrogen) atoms. The number of rotatable bonds is 9. The number of benzene rings is 2. The van der Waals surface area contributed by atoms with E-state index in [1.165, 1.54) is 37.4 Å². The number of nitrogens with one attached hydrogen (secondary N) is 1. The minimum Gasteiger partial charge on any atom is -0.490 e. The van der Waals surface area contributed by atoms with Gasteiger partial charge in [-0.1, -0.05) is 19.1 Å². The highest BCUT2D eigenvalue weighted by Crippen LogP contribution is 2.30. The fraction of sp³-hybridized carbons (Fsp3) is 0.316. The summed E-state index contributed by atoms with van der Waals surface area (Å²) >= 11 is 0. The van der Waals surface area contributed by atoms with Gasteiger partial charge in [0, 0.05) is 18.4 Å². The molecule has 0 unspecified atom stereocenters. The minimum atomic E-state index is -3.29. The smallest absolute Gasteiger partial charge is 0.311 e. The molecular formula is C19H22N2O7S. The third-order valence-electron chi connectivity index (χ3n) is 4.17. The standard InChI is InChI=1S/C19H22N2O7S/c1-4-16(13-5-8-15(9-6-13)29(3,25)26)20-19(22)12-28-14-7-10-17(21(23)24)18(11-14)27-2/h5-11,16H,4,12H2,1-3H3,(H,20,22)/t16-/m1/s1. The highest BCUT2D eigenvalue weighted by Gasteiger charge is 2.17. The monoisotopic (exact) mass is 422 g/mol. The molecule has 9 nitrogen and oxygen atoms in total. The van der Waals surface area contributed by atoms with Crippen LogP contribution in [0.3, 0.4) is 0 Å². The molecule has 0 saturated carbocycles. The molecule has 10 heteroatoms. The summed E-state index contributed by atoms with van der Waals surface area (Å²) in [5, 5.41) is 13.7. The van der Waals surface area contributed by atoms with E-state index in [1.807, 2.05) is 6.92 Å². The topological polar surface area (TPSA) is 125 Å². The third-order valence-corrected chi connectivity index (χ3v) is 5.30. The van der Waals surface area contributed by atoms with E-state index in [-0.39, 0.29) is 40.6 Å². The lowest BCUT2D eigenvalue weighted by Crippen LogP contribution is -2.32. The largest absolute Gasteiger partial charge is 0.490 e. The molecule has 0 bridgehead atoms. The van der Waals surface area contributed by atoms with E-state index in [1.54, 1.807) is 12.1 Å². The fourth-order valence-corrected chi connectivity index (χ4v) is 3.28. The van der Waals surface area contributed by atoms with Gasteiger partial charge in [-0.05, 0) is 30.2 Å². The first-order valence-corrected chi connectivity index (χ1v) is 10.6. The molecule has 2 aromatic rings. The quantitative estimate of drug-likeness (QED) is 0.486. The van der Waals surface area contributed by atoms with Gasteiger partial charge in [0.25, 0.3) is 5.91 Å². The normalized spacial score (nSPS) is 12.1. The molecule has 0 heterocycles. The van der Waals surface area contributed by atoms with Gasteiger partial charge in [-0.25, -0.2) is 8.42 Å². The zero-order chi connectivity index (χ0) is 21.6. The lowest BCUT2D eigenvalue weighted by molar-refractivity contribution is -0.385. The minimum absolute atomic E-state index is 0.0327. The van der Waals surface area contributed by atoms with Gasteiger partial charge in [0.2, 0.25) is 5.75 Å². The van der Waals surface area contributed by atoms with Gasteiger partial charge >= 0.3 is 5.69 Å². The third kappa shape index (κ3) is 5.92. The van der Waals surface area contributed by atoms with E-state index in [9.17, 15) is 23.3 Å². The summed E-state index contributed by atoms with van der Waals surface area (Å²) < 4.78 is 33.5. The van der Waals surface area contributed by atoms with Crippen LogP contribution in [0.4, 0.5) is 5.69 Å². The Labute approximate surface area is 168 Å². The maximum atomic E-state index is 12.2. The second-order valence-electron chi connectivity index (χ2n) is 6.25. The molecule has 0 saturated heterocycles. The average molecular weight is 422 g/mol. The molecule has 0 aliphatic rings. The van der Waals surface area contributed by atoms with Gasteiger partial charge in [0.1, 0.15) is 5.75 Å². The Hall–Kier alpha value is -3.14. The summed E-state index contributed by atoms with van der Waals surface area (Å²) in [6, 6.07) is 9.97. The van der Waals surface area contributed by atoms with Crippen molar-refractivity contribution in [2.24, 2.45) is 0 Å².